The van der Waals surface area contributed by atoms with E-state index >= 15 is 0 Å². The molecule has 0 bridgehead atoms. The summed E-state index contributed by atoms with van der Waals surface area (Å²) in [5.74, 6) is -1.31. The van der Waals surface area contributed by atoms with Crippen LogP contribution >= 0.6 is 0 Å². The van der Waals surface area contributed by atoms with Crippen LogP contribution in [0.1, 0.15) is 11.3 Å². The standard InChI is InChI=1S/C19H17N3O3.Na.H/c1-13-17(18(23)22(21-13)15-10-6-3-7-11-15)20-16(19(24)25)12-14-8-4-2-5-9-14;;/h2-11,23H,12H2,1H3,(H,24,25);;/b20-16+;;. The SMILES string of the molecule is Cc1nn(-c2ccccc2)c(O)c1/N=C(\Cc1ccccc1)C(=O)O.[NaH]. The van der Waals surface area contributed by atoms with Gasteiger partial charge in [0.1, 0.15) is 11.4 Å². The van der Waals surface area contributed by atoms with Crippen molar-refractivity contribution in [3.8, 4) is 11.6 Å². The fourth-order valence-electron chi connectivity index (χ4n) is 2.47. The number of para-hydroxylation sites is 1. The van der Waals surface area contributed by atoms with Crippen LogP contribution in [-0.4, -0.2) is 61.2 Å². The Bertz CT molecular complexity index is 922. The minimum atomic E-state index is -1.13. The van der Waals surface area contributed by atoms with Crippen LogP contribution in [0.15, 0.2) is 65.7 Å². The number of aliphatic carboxylic acids is 1. The first-order chi connectivity index (χ1) is 12.1. The van der Waals surface area contributed by atoms with Gasteiger partial charge in [-0.3, -0.25) is 0 Å². The van der Waals surface area contributed by atoms with Crippen molar-refractivity contribution in [2.24, 2.45) is 4.99 Å². The van der Waals surface area contributed by atoms with E-state index in [9.17, 15) is 15.0 Å². The van der Waals surface area contributed by atoms with E-state index in [1.807, 2.05) is 48.5 Å². The first-order valence-corrected chi connectivity index (χ1v) is 7.75. The van der Waals surface area contributed by atoms with Crippen molar-refractivity contribution in [1.82, 2.24) is 9.78 Å². The van der Waals surface area contributed by atoms with Gasteiger partial charge in [-0.05, 0) is 24.6 Å². The number of hydrogen-bond acceptors (Lipinski definition) is 4. The molecule has 0 fully saturated rings. The van der Waals surface area contributed by atoms with Gasteiger partial charge < -0.3 is 10.2 Å². The zero-order chi connectivity index (χ0) is 17.8. The number of aromatic nitrogens is 2. The second kappa shape index (κ2) is 8.80. The van der Waals surface area contributed by atoms with Gasteiger partial charge in [-0.15, -0.1) is 0 Å². The molecule has 0 unspecified atom stereocenters. The predicted molar refractivity (Wildman–Crippen MR) is 102 cm³/mol. The van der Waals surface area contributed by atoms with E-state index in [4.69, 9.17) is 0 Å². The number of aryl methyl sites for hydroxylation is 1. The van der Waals surface area contributed by atoms with Gasteiger partial charge in [0.05, 0.1) is 11.4 Å². The summed E-state index contributed by atoms with van der Waals surface area (Å²) in [7, 11) is 0. The van der Waals surface area contributed by atoms with E-state index in [1.54, 1.807) is 19.1 Å². The molecule has 0 saturated heterocycles. The summed E-state index contributed by atoms with van der Waals surface area (Å²) < 4.78 is 1.34. The number of aromatic hydroxyl groups is 1. The molecular weight excluding hydrogens is 341 g/mol. The van der Waals surface area contributed by atoms with Crippen molar-refractivity contribution in [1.29, 1.82) is 0 Å². The van der Waals surface area contributed by atoms with Crippen LogP contribution in [0.25, 0.3) is 5.69 Å². The van der Waals surface area contributed by atoms with Crippen LogP contribution in [0.2, 0.25) is 0 Å². The molecule has 0 amide bonds. The maximum absolute atomic E-state index is 11.6. The number of benzene rings is 2. The molecule has 6 nitrogen and oxygen atoms in total. The summed E-state index contributed by atoms with van der Waals surface area (Å²) >= 11 is 0. The zero-order valence-electron chi connectivity index (χ0n) is 13.6. The number of nitrogens with zero attached hydrogens (tertiary/aromatic N) is 3. The van der Waals surface area contributed by atoms with Gasteiger partial charge in [0.2, 0.25) is 5.88 Å². The topological polar surface area (TPSA) is 87.7 Å². The van der Waals surface area contributed by atoms with E-state index < -0.39 is 5.97 Å². The summed E-state index contributed by atoms with van der Waals surface area (Å²) in [5, 5.41) is 24.2. The van der Waals surface area contributed by atoms with Gasteiger partial charge in [0.25, 0.3) is 0 Å². The summed E-state index contributed by atoms with van der Waals surface area (Å²) in [6.45, 7) is 1.68. The Morgan fingerprint density at radius 2 is 1.65 bits per heavy atom. The summed E-state index contributed by atoms with van der Waals surface area (Å²) in [6.07, 6.45) is 0.158. The third kappa shape index (κ3) is 4.40. The Morgan fingerprint density at radius 1 is 1.08 bits per heavy atom. The van der Waals surface area contributed by atoms with Crippen molar-refractivity contribution in [2.75, 3.05) is 0 Å². The third-order valence-corrected chi connectivity index (χ3v) is 3.71. The molecule has 26 heavy (non-hydrogen) atoms. The molecule has 0 aliphatic heterocycles. The predicted octanol–water partition coefficient (Wildman–Crippen LogP) is 2.64. The summed E-state index contributed by atoms with van der Waals surface area (Å²) in [4.78, 5) is 15.8. The van der Waals surface area contributed by atoms with Crippen LogP contribution in [0.4, 0.5) is 5.69 Å². The number of carbonyl (C=O) groups is 1. The van der Waals surface area contributed by atoms with Crippen LogP contribution in [-0.2, 0) is 11.2 Å². The van der Waals surface area contributed by atoms with E-state index in [2.05, 4.69) is 10.1 Å². The molecule has 2 N–H and O–H groups in total. The van der Waals surface area contributed by atoms with Gasteiger partial charge >= 0.3 is 35.5 Å². The van der Waals surface area contributed by atoms with Crippen molar-refractivity contribution in [3.63, 3.8) is 0 Å². The molecule has 1 heterocycles. The fourth-order valence-corrected chi connectivity index (χ4v) is 2.47. The second-order valence-corrected chi connectivity index (χ2v) is 5.53. The molecule has 0 aliphatic rings. The molecule has 3 rings (SSSR count). The first-order valence-electron chi connectivity index (χ1n) is 7.75. The molecule has 0 radical (unpaired) electrons. The second-order valence-electron chi connectivity index (χ2n) is 5.53. The van der Waals surface area contributed by atoms with Crippen LogP contribution in [0.5, 0.6) is 5.88 Å². The average Bonchev–Trinajstić information content (AvgIpc) is 2.91. The molecule has 128 valence electrons. The third-order valence-electron chi connectivity index (χ3n) is 3.71. The van der Waals surface area contributed by atoms with E-state index in [0.717, 1.165) is 5.56 Å². The molecule has 1 aromatic heterocycles. The molecule has 2 aromatic carbocycles. The normalized spacial score (nSPS) is 11.0. The van der Waals surface area contributed by atoms with Crippen LogP contribution in [0, 0.1) is 6.92 Å². The van der Waals surface area contributed by atoms with Crippen molar-refractivity contribution < 1.29 is 15.0 Å². The molecule has 0 atom stereocenters. The van der Waals surface area contributed by atoms with E-state index in [0.29, 0.717) is 11.4 Å². The molecule has 3 aromatic rings. The monoisotopic (exact) mass is 359 g/mol. The van der Waals surface area contributed by atoms with Gasteiger partial charge in [0, 0.05) is 6.42 Å². The number of rotatable bonds is 5. The van der Waals surface area contributed by atoms with Crippen molar-refractivity contribution in [3.05, 3.63) is 71.9 Å². The Labute approximate surface area is 173 Å². The number of hydrogen-bond donors (Lipinski definition) is 2. The van der Waals surface area contributed by atoms with Gasteiger partial charge in [-0.1, -0.05) is 48.5 Å². The molecule has 7 heteroatoms. The Balaban J connectivity index is 0.00000243. The van der Waals surface area contributed by atoms with Gasteiger partial charge in [-0.25, -0.2) is 9.79 Å². The quantitative estimate of drug-likeness (QED) is 0.541. The molecule has 0 saturated carbocycles. The zero-order valence-corrected chi connectivity index (χ0v) is 13.6. The fraction of sp³-hybridized carbons (Fsp3) is 0.105. The van der Waals surface area contributed by atoms with Crippen LogP contribution < -0.4 is 0 Å². The van der Waals surface area contributed by atoms with E-state index in [1.165, 1.54) is 4.68 Å². The average molecular weight is 359 g/mol. The number of carboxylic acids is 1. The summed E-state index contributed by atoms with van der Waals surface area (Å²) in [5.41, 5.74) is 2.06. The van der Waals surface area contributed by atoms with Crippen molar-refractivity contribution >= 4 is 46.9 Å². The van der Waals surface area contributed by atoms with Crippen LogP contribution in [0.3, 0.4) is 0 Å². The Kier molecular flexibility index (Phi) is 6.74. The summed E-state index contributed by atoms with van der Waals surface area (Å²) in [6, 6.07) is 18.3. The molecule has 0 aliphatic carbocycles. The minimum absolute atomic E-state index is 0. The Hall–Kier alpha value is -2.41. The van der Waals surface area contributed by atoms with Gasteiger partial charge in [-0.2, -0.15) is 9.78 Å². The number of aliphatic imine (C=N–C) groups is 1. The molecule has 0 spiro atoms. The van der Waals surface area contributed by atoms with Crippen molar-refractivity contribution in [2.45, 2.75) is 13.3 Å². The Morgan fingerprint density at radius 3 is 2.23 bits per heavy atom. The molecular formula is C19H18N3NaO3. The van der Waals surface area contributed by atoms with E-state index in [-0.39, 0.29) is 53.3 Å². The maximum atomic E-state index is 11.6. The van der Waals surface area contributed by atoms with Gasteiger partial charge in [0.15, 0.2) is 0 Å². The first kappa shape index (κ1) is 19.9. The number of carboxylic acid groups (broad SMARTS) is 1.